The Balaban J connectivity index is 1.44. The fraction of sp³-hybridized carbons (Fsp3) is 0.0870. The molecule has 0 radical (unpaired) electrons. The third-order valence-electron chi connectivity index (χ3n) is 4.54. The third kappa shape index (κ3) is 5.80. The second-order valence-corrected chi connectivity index (χ2v) is 7.80. The molecule has 0 saturated carbocycles. The number of benzene rings is 2. The number of aromatic nitrogens is 4. The summed E-state index contributed by atoms with van der Waals surface area (Å²) in [5.74, 6) is -0.390. The number of pyridine rings is 1. The van der Waals surface area contributed by atoms with Gasteiger partial charge in [-0.15, -0.1) is 10.2 Å². The number of imide groups is 1. The quantitative estimate of drug-likeness (QED) is 0.407. The smallest absolute Gasteiger partial charge is 0.321 e. The first-order chi connectivity index (χ1) is 16.1. The van der Waals surface area contributed by atoms with E-state index in [4.69, 9.17) is 0 Å². The number of hydrogen-bond donors (Lipinski definition) is 2. The summed E-state index contributed by atoms with van der Waals surface area (Å²) in [5.41, 5.74) is 2.32. The van der Waals surface area contributed by atoms with E-state index in [-0.39, 0.29) is 11.6 Å². The average molecular weight is 463 g/mol. The minimum atomic E-state index is -0.582. The molecule has 2 aromatic heterocycles. The average Bonchev–Trinajstić information content (AvgIpc) is 3.27. The van der Waals surface area contributed by atoms with Gasteiger partial charge in [-0.25, -0.2) is 9.18 Å². The number of halogens is 1. The van der Waals surface area contributed by atoms with Crippen LogP contribution in [0.3, 0.4) is 0 Å². The van der Waals surface area contributed by atoms with Crippen LogP contribution in [0.4, 0.5) is 9.18 Å². The molecular formula is C23H19FN6O2S. The van der Waals surface area contributed by atoms with E-state index in [1.54, 1.807) is 41.2 Å². The first kappa shape index (κ1) is 22.2. The number of hydrogen-bond acceptors (Lipinski definition) is 6. The SMILES string of the molecule is O=C(CSc1nnc(-c2ccncc2)n1-c1ccc(F)cc1)NC(=O)NCc1ccccc1. The highest BCUT2D eigenvalue weighted by molar-refractivity contribution is 7.99. The third-order valence-corrected chi connectivity index (χ3v) is 5.47. The summed E-state index contributed by atoms with van der Waals surface area (Å²) in [5, 5.41) is 13.8. The van der Waals surface area contributed by atoms with Crippen molar-refractivity contribution in [1.82, 2.24) is 30.4 Å². The van der Waals surface area contributed by atoms with E-state index >= 15 is 0 Å². The Hall–Kier alpha value is -4.05. The normalized spacial score (nSPS) is 10.6. The van der Waals surface area contributed by atoms with Crippen molar-refractivity contribution in [3.05, 3.63) is 90.5 Å². The Morgan fingerprint density at radius 3 is 2.39 bits per heavy atom. The maximum absolute atomic E-state index is 13.5. The van der Waals surface area contributed by atoms with Crippen LogP contribution in [0.1, 0.15) is 5.56 Å². The molecule has 166 valence electrons. The van der Waals surface area contributed by atoms with Crippen molar-refractivity contribution < 1.29 is 14.0 Å². The fourth-order valence-corrected chi connectivity index (χ4v) is 3.74. The molecule has 10 heteroatoms. The molecule has 8 nitrogen and oxygen atoms in total. The fourth-order valence-electron chi connectivity index (χ4n) is 2.99. The van der Waals surface area contributed by atoms with Crippen LogP contribution in [-0.4, -0.2) is 37.4 Å². The summed E-state index contributed by atoms with van der Waals surface area (Å²) in [6.07, 6.45) is 3.26. The van der Waals surface area contributed by atoms with Crippen LogP contribution in [0.5, 0.6) is 0 Å². The van der Waals surface area contributed by atoms with Crippen LogP contribution in [0.25, 0.3) is 17.1 Å². The standard InChI is InChI=1S/C23H19FN6O2S/c24-18-6-8-19(9-7-18)30-21(17-10-12-25-13-11-17)28-29-23(30)33-15-20(31)27-22(32)26-14-16-4-2-1-3-5-16/h1-13H,14-15H2,(H2,26,27,31,32). The van der Waals surface area contributed by atoms with Crippen molar-refractivity contribution >= 4 is 23.7 Å². The minimum absolute atomic E-state index is 0.0611. The molecule has 2 aromatic carbocycles. The van der Waals surface area contributed by atoms with Gasteiger partial charge >= 0.3 is 6.03 Å². The number of carbonyl (C=O) groups is 2. The molecular weight excluding hydrogens is 443 g/mol. The first-order valence-corrected chi connectivity index (χ1v) is 10.9. The molecule has 0 unspecified atom stereocenters. The number of nitrogens with one attached hydrogen (secondary N) is 2. The highest BCUT2D eigenvalue weighted by Crippen LogP contribution is 2.27. The number of urea groups is 1. The van der Waals surface area contributed by atoms with Crippen LogP contribution in [0.2, 0.25) is 0 Å². The molecule has 0 saturated heterocycles. The van der Waals surface area contributed by atoms with Gasteiger partial charge in [-0.2, -0.15) is 0 Å². The largest absolute Gasteiger partial charge is 0.334 e. The zero-order chi connectivity index (χ0) is 23.0. The number of nitrogens with zero attached hydrogens (tertiary/aromatic N) is 4. The van der Waals surface area contributed by atoms with E-state index in [0.29, 0.717) is 23.2 Å². The Labute approximate surface area is 193 Å². The highest BCUT2D eigenvalue weighted by Gasteiger charge is 2.18. The predicted octanol–water partition coefficient (Wildman–Crippen LogP) is 3.59. The van der Waals surface area contributed by atoms with E-state index in [0.717, 1.165) is 22.9 Å². The number of thioether (sulfide) groups is 1. The molecule has 0 atom stereocenters. The molecule has 0 aliphatic rings. The number of carbonyl (C=O) groups excluding carboxylic acids is 2. The van der Waals surface area contributed by atoms with Crippen molar-refractivity contribution in [2.75, 3.05) is 5.75 Å². The van der Waals surface area contributed by atoms with E-state index in [9.17, 15) is 14.0 Å². The lowest BCUT2D eigenvalue weighted by atomic mass is 10.2. The second-order valence-electron chi connectivity index (χ2n) is 6.86. The van der Waals surface area contributed by atoms with Gasteiger partial charge in [-0.3, -0.25) is 19.7 Å². The van der Waals surface area contributed by atoms with Crippen molar-refractivity contribution in [3.63, 3.8) is 0 Å². The lowest BCUT2D eigenvalue weighted by Gasteiger charge is -2.10. The van der Waals surface area contributed by atoms with E-state index in [2.05, 4.69) is 25.8 Å². The maximum Gasteiger partial charge on any atom is 0.321 e. The maximum atomic E-state index is 13.5. The topological polar surface area (TPSA) is 102 Å². The van der Waals surface area contributed by atoms with Gasteiger partial charge in [0.25, 0.3) is 0 Å². The van der Waals surface area contributed by atoms with Crippen LogP contribution < -0.4 is 10.6 Å². The van der Waals surface area contributed by atoms with Crippen molar-refractivity contribution in [2.45, 2.75) is 11.7 Å². The van der Waals surface area contributed by atoms with E-state index in [1.165, 1.54) is 12.1 Å². The Morgan fingerprint density at radius 2 is 1.67 bits per heavy atom. The molecule has 3 amide bonds. The van der Waals surface area contributed by atoms with Gasteiger partial charge in [-0.05, 0) is 42.0 Å². The molecule has 0 bridgehead atoms. The van der Waals surface area contributed by atoms with Gasteiger partial charge in [0.15, 0.2) is 11.0 Å². The van der Waals surface area contributed by atoms with Crippen molar-refractivity contribution in [2.24, 2.45) is 0 Å². The Bertz CT molecular complexity index is 1230. The van der Waals surface area contributed by atoms with Crippen LogP contribution in [0, 0.1) is 5.82 Å². The molecule has 4 rings (SSSR count). The molecule has 0 aliphatic heterocycles. The lowest BCUT2D eigenvalue weighted by Crippen LogP contribution is -2.40. The molecule has 0 fully saturated rings. The van der Waals surface area contributed by atoms with Crippen molar-refractivity contribution in [3.8, 4) is 17.1 Å². The molecule has 4 aromatic rings. The van der Waals surface area contributed by atoms with Gasteiger partial charge in [0.2, 0.25) is 5.91 Å². The first-order valence-electron chi connectivity index (χ1n) is 9.96. The van der Waals surface area contributed by atoms with Crippen LogP contribution in [0.15, 0.2) is 84.3 Å². The number of rotatable bonds is 7. The summed E-state index contributed by atoms with van der Waals surface area (Å²) in [4.78, 5) is 28.3. The molecule has 2 heterocycles. The number of amides is 3. The summed E-state index contributed by atoms with van der Waals surface area (Å²) in [6, 6.07) is 18.2. The van der Waals surface area contributed by atoms with Crippen LogP contribution >= 0.6 is 11.8 Å². The predicted molar refractivity (Wildman–Crippen MR) is 122 cm³/mol. The van der Waals surface area contributed by atoms with Gasteiger partial charge in [0.05, 0.1) is 5.75 Å². The van der Waals surface area contributed by atoms with E-state index in [1.807, 2.05) is 30.3 Å². The zero-order valence-corrected chi connectivity index (χ0v) is 18.1. The Morgan fingerprint density at radius 1 is 0.939 bits per heavy atom. The summed E-state index contributed by atoms with van der Waals surface area (Å²) >= 11 is 1.11. The van der Waals surface area contributed by atoms with Gasteiger partial charge < -0.3 is 5.32 Å². The lowest BCUT2D eigenvalue weighted by molar-refractivity contribution is -0.117. The van der Waals surface area contributed by atoms with Gasteiger partial charge in [0.1, 0.15) is 5.82 Å². The molecule has 0 spiro atoms. The zero-order valence-electron chi connectivity index (χ0n) is 17.3. The minimum Gasteiger partial charge on any atom is -0.334 e. The Kier molecular flexibility index (Phi) is 7.06. The van der Waals surface area contributed by atoms with Crippen LogP contribution in [-0.2, 0) is 11.3 Å². The van der Waals surface area contributed by atoms with E-state index < -0.39 is 11.9 Å². The molecule has 2 N–H and O–H groups in total. The van der Waals surface area contributed by atoms with Gasteiger partial charge in [0, 0.05) is 30.2 Å². The molecule has 33 heavy (non-hydrogen) atoms. The van der Waals surface area contributed by atoms with Crippen molar-refractivity contribution in [1.29, 1.82) is 0 Å². The summed E-state index contributed by atoms with van der Waals surface area (Å²) < 4.78 is 15.2. The second kappa shape index (κ2) is 10.5. The summed E-state index contributed by atoms with van der Waals surface area (Å²) in [7, 11) is 0. The summed E-state index contributed by atoms with van der Waals surface area (Å²) in [6.45, 7) is 0.307. The highest BCUT2D eigenvalue weighted by atomic mass is 32.2. The molecule has 0 aliphatic carbocycles. The van der Waals surface area contributed by atoms with Gasteiger partial charge in [-0.1, -0.05) is 42.1 Å². The monoisotopic (exact) mass is 462 g/mol.